The number of amides is 2. The van der Waals surface area contributed by atoms with Crippen molar-refractivity contribution in [2.24, 2.45) is 0 Å². The molecule has 0 aromatic carbocycles. The van der Waals surface area contributed by atoms with Gasteiger partial charge in [-0.1, -0.05) is 0 Å². The molecule has 2 amide bonds. The average molecular weight is 302 g/mol. The molecule has 0 spiro atoms. The molecule has 0 aromatic rings. The van der Waals surface area contributed by atoms with Gasteiger partial charge in [0.1, 0.15) is 6.54 Å². The number of nitrogens with one attached hydrogen (secondary N) is 1. The number of esters is 1. The van der Waals surface area contributed by atoms with E-state index >= 15 is 0 Å². The minimum atomic E-state index is -0.998. The summed E-state index contributed by atoms with van der Waals surface area (Å²) in [7, 11) is 1.39. The van der Waals surface area contributed by atoms with E-state index in [2.05, 4.69) is 5.32 Å². The molecule has 1 aliphatic carbocycles. The number of methoxy groups -OCH3 is 1. The summed E-state index contributed by atoms with van der Waals surface area (Å²) in [6.07, 6.45) is 0.915. The predicted octanol–water partition coefficient (Wildman–Crippen LogP) is 0.213. The third-order valence-electron chi connectivity index (χ3n) is 3.07. The number of ether oxygens (including phenoxy) is 2. The topological polar surface area (TPSA) is 105 Å². The fraction of sp³-hybridized carbons (Fsp3) is 0.769. The van der Waals surface area contributed by atoms with Crippen LogP contribution in [-0.4, -0.2) is 66.9 Å². The first-order valence-corrected chi connectivity index (χ1v) is 6.92. The van der Waals surface area contributed by atoms with Gasteiger partial charge >= 0.3 is 18.0 Å². The fourth-order valence-electron chi connectivity index (χ4n) is 1.83. The maximum absolute atomic E-state index is 12.1. The summed E-state index contributed by atoms with van der Waals surface area (Å²) in [6, 6.07) is -0.354. The highest BCUT2D eigenvalue weighted by Crippen LogP contribution is 2.26. The van der Waals surface area contributed by atoms with E-state index in [0.29, 0.717) is 0 Å². The zero-order valence-electron chi connectivity index (χ0n) is 12.3. The van der Waals surface area contributed by atoms with Crippen molar-refractivity contribution in [3.05, 3.63) is 0 Å². The molecular weight excluding hydrogens is 280 g/mol. The van der Waals surface area contributed by atoms with Crippen LogP contribution >= 0.6 is 0 Å². The molecule has 0 bridgehead atoms. The van der Waals surface area contributed by atoms with Crippen molar-refractivity contribution in [1.82, 2.24) is 10.2 Å². The summed E-state index contributed by atoms with van der Waals surface area (Å²) >= 11 is 0. The van der Waals surface area contributed by atoms with E-state index in [1.807, 2.05) is 0 Å². The van der Waals surface area contributed by atoms with Crippen LogP contribution in [0.4, 0.5) is 4.79 Å². The molecule has 8 heteroatoms. The Labute approximate surface area is 123 Å². The number of hydrogen-bond donors (Lipinski definition) is 2. The van der Waals surface area contributed by atoms with Gasteiger partial charge in [-0.2, -0.15) is 0 Å². The van der Waals surface area contributed by atoms with Crippen molar-refractivity contribution >= 4 is 18.0 Å². The van der Waals surface area contributed by atoms with Crippen LogP contribution in [0, 0.1) is 0 Å². The smallest absolute Gasteiger partial charge is 0.325 e. The second-order valence-electron chi connectivity index (χ2n) is 4.81. The van der Waals surface area contributed by atoms with Crippen LogP contribution in [0.25, 0.3) is 0 Å². The van der Waals surface area contributed by atoms with Gasteiger partial charge in [0, 0.05) is 19.7 Å². The Morgan fingerprint density at radius 3 is 2.52 bits per heavy atom. The van der Waals surface area contributed by atoms with Crippen molar-refractivity contribution in [3.8, 4) is 0 Å². The van der Waals surface area contributed by atoms with Crippen LogP contribution in [0.15, 0.2) is 0 Å². The lowest BCUT2D eigenvalue weighted by atomic mass is 10.2. The van der Waals surface area contributed by atoms with Gasteiger partial charge in [-0.25, -0.2) is 4.79 Å². The van der Waals surface area contributed by atoms with Gasteiger partial charge in [0.25, 0.3) is 0 Å². The highest BCUT2D eigenvalue weighted by atomic mass is 16.5. The average Bonchev–Trinajstić information content (AvgIpc) is 3.24. The third kappa shape index (κ3) is 6.44. The molecule has 0 aromatic heterocycles. The molecule has 0 radical (unpaired) electrons. The van der Waals surface area contributed by atoms with E-state index in [9.17, 15) is 14.4 Å². The van der Waals surface area contributed by atoms with Gasteiger partial charge in [0.05, 0.1) is 19.1 Å². The largest absolute Gasteiger partial charge is 0.481 e. The summed E-state index contributed by atoms with van der Waals surface area (Å²) in [5.41, 5.74) is 0. The van der Waals surface area contributed by atoms with E-state index in [-0.39, 0.29) is 32.2 Å². The normalized spacial score (nSPS) is 15.1. The molecule has 21 heavy (non-hydrogen) atoms. The predicted molar refractivity (Wildman–Crippen MR) is 72.8 cm³/mol. The van der Waals surface area contributed by atoms with Gasteiger partial charge in [-0.3, -0.25) is 9.59 Å². The summed E-state index contributed by atoms with van der Waals surface area (Å²) in [5, 5.41) is 11.3. The Bertz CT molecular complexity index is 383. The fourth-order valence-corrected chi connectivity index (χ4v) is 1.83. The zero-order chi connectivity index (χ0) is 15.8. The van der Waals surface area contributed by atoms with Crippen molar-refractivity contribution in [3.63, 3.8) is 0 Å². The standard InChI is InChI=1S/C13H22N2O6/c1-3-21-12(18)8-15(9-4-5-9)13(19)14-7-10(20-2)6-11(16)17/h9-10H,3-8H2,1-2H3,(H,14,19)(H,16,17). The van der Waals surface area contributed by atoms with Gasteiger partial charge in [-0.15, -0.1) is 0 Å². The second kappa shape index (κ2) is 8.46. The summed E-state index contributed by atoms with van der Waals surface area (Å²) in [5.74, 6) is -1.45. The number of carbonyl (C=O) groups excluding carboxylic acids is 2. The van der Waals surface area contributed by atoms with Gasteiger partial charge in [0.15, 0.2) is 0 Å². The van der Waals surface area contributed by atoms with E-state index < -0.39 is 24.1 Å². The van der Waals surface area contributed by atoms with Crippen LogP contribution in [0.5, 0.6) is 0 Å². The maximum Gasteiger partial charge on any atom is 0.325 e. The van der Waals surface area contributed by atoms with Crippen molar-refractivity contribution < 1.29 is 29.0 Å². The summed E-state index contributed by atoms with van der Waals surface area (Å²) in [4.78, 5) is 35.6. The maximum atomic E-state index is 12.1. The van der Waals surface area contributed by atoms with Crippen LogP contribution < -0.4 is 5.32 Å². The number of carboxylic acids is 1. The monoisotopic (exact) mass is 302 g/mol. The first-order chi connectivity index (χ1) is 9.97. The minimum absolute atomic E-state index is 0.0508. The molecule has 120 valence electrons. The lowest BCUT2D eigenvalue weighted by Gasteiger charge is -2.23. The van der Waals surface area contributed by atoms with E-state index in [0.717, 1.165) is 12.8 Å². The molecule has 1 atom stereocenters. The van der Waals surface area contributed by atoms with E-state index in [4.69, 9.17) is 14.6 Å². The Hall–Kier alpha value is -1.83. The Balaban J connectivity index is 2.45. The number of carbonyl (C=O) groups is 3. The van der Waals surface area contributed by atoms with Gasteiger partial charge in [0.2, 0.25) is 0 Å². The lowest BCUT2D eigenvalue weighted by Crippen LogP contribution is -2.47. The number of hydrogen-bond acceptors (Lipinski definition) is 5. The number of urea groups is 1. The Morgan fingerprint density at radius 2 is 2.05 bits per heavy atom. The Kier molecular flexibility index (Phi) is 6.93. The lowest BCUT2D eigenvalue weighted by molar-refractivity contribution is -0.144. The van der Waals surface area contributed by atoms with E-state index in [1.165, 1.54) is 12.0 Å². The number of rotatable bonds is 9. The molecule has 0 heterocycles. The molecule has 2 N–H and O–H groups in total. The molecular formula is C13H22N2O6. The highest BCUT2D eigenvalue weighted by Gasteiger charge is 2.34. The molecule has 0 aliphatic heterocycles. The molecule has 1 aliphatic rings. The second-order valence-corrected chi connectivity index (χ2v) is 4.81. The Morgan fingerprint density at radius 1 is 1.38 bits per heavy atom. The SMILES string of the molecule is CCOC(=O)CN(C(=O)NCC(CC(=O)O)OC)C1CC1. The quantitative estimate of drug-likeness (QED) is 0.590. The number of nitrogens with zero attached hydrogens (tertiary/aromatic N) is 1. The third-order valence-corrected chi connectivity index (χ3v) is 3.07. The molecule has 1 saturated carbocycles. The number of carboxylic acid groups (broad SMARTS) is 1. The van der Waals surface area contributed by atoms with Gasteiger partial charge < -0.3 is 24.8 Å². The number of aliphatic carboxylic acids is 1. The van der Waals surface area contributed by atoms with Crippen LogP contribution in [-0.2, 0) is 19.1 Å². The molecule has 1 fully saturated rings. The van der Waals surface area contributed by atoms with Crippen LogP contribution in [0.1, 0.15) is 26.2 Å². The van der Waals surface area contributed by atoms with Crippen LogP contribution in [0.3, 0.4) is 0 Å². The van der Waals surface area contributed by atoms with Crippen molar-refractivity contribution in [1.29, 1.82) is 0 Å². The molecule has 0 saturated heterocycles. The zero-order valence-corrected chi connectivity index (χ0v) is 12.3. The minimum Gasteiger partial charge on any atom is -0.481 e. The van der Waals surface area contributed by atoms with Crippen molar-refractivity contribution in [2.45, 2.75) is 38.3 Å². The first-order valence-electron chi connectivity index (χ1n) is 6.92. The molecule has 1 unspecified atom stereocenters. The summed E-state index contributed by atoms with van der Waals surface area (Å²) in [6.45, 7) is 1.95. The summed E-state index contributed by atoms with van der Waals surface area (Å²) < 4.78 is 9.82. The molecule has 1 rings (SSSR count). The highest BCUT2D eigenvalue weighted by molar-refractivity contribution is 5.81. The van der Waals surface area contributed by atoms with Gasteiger partial charge in [-0.05, 0) is 19.8 Å². The first kappa shape index (κ1) is 17.2. The molecule has 8 nitrogen and oxygen atoms in total. The van der Waals surface area contributed by atoms with Crippen LogP contribution in [0.2, 0.25) is 0 Å². The van der Waals surface area contributed by atoms with Crippen molar-refractivity contribution in [2.75, 3.05) is 26.8 Å². The van der Waals surface area contributed by atoms with E-state index in [1.54, 1.807) is 6.92 Å².